The van der Waals surface area contributed by atoms with Gasteiger partial charge < -0.3 is 35.3 Å². The van der Waals surface area contributed by atoms with Crippen LogP contribution in [0.2, 0.25) is 0 Å². The van der Waals surface area contributed by atoms with Crippen LogP contribution in [0.15, 0.2) is 24.3 Å². The quantitative estimate of drug-likeness (QED) is 0.302. The summed E-state index contributed by atoms with van der Waals surface area (Å²) in [6.07, 6.45) is 4.45. The number of H-pyrrole nitrogens is 1. The van der Waals surface area contributed by atoms with E-state index in [1.165, 1.54) is 0 Å². The number of Topliss-reactive ketones (excluding diaryl/α,β-unsaturated/α-hetero) is 1. The fourth-order valence-corrected chi connectivity index (χ4v) is 7.30. The van der Waals surface area contributed by atoms with Gasteiger partial charge in [-0.25, -0.2) is 0 Å². The lowest BCUT2D eigenvalue weighted by molar-refractivity contribution is -0.141. The molecule has 6 atom stereocenters. The van der Waals surface area contributed by atoms with Crippen LogP contribution in [0.4, 0.5) is 0 Å². The first-order valence-corrected chi connectivity index (χ1v) is 15.3. The molecule has 4 amide bonds. The van der Waals surface area contributed by atoms with Crippen molar-refractivity contribution in [3.05, 3.63) is 30.0 Å². The highest BCUT2D eigenvalue weighted by atomic mass is 16.5. The van der Waals surface area contributed by atoms with Crippen molar-refractivity contribution in [1.29, 1.82) is 0 Å². The molecule has 3 saturated heterocycles. The predicted molar refractivity (Wildman–Crippen MR) is 155 cm³/mol. The smallest absolute Gasteiger partial charge is 0.289 e. The minimum Gasteiger partial charge on any atom is -0.496 e. The van der Waals surface area contributed by atoms with Gasteiger partial charge in [-0.1, -0.05) is 12.5 Å². The van der Waals surface area contributed by atoms with Gasteiger partial charge in [0, 0.05) is 36.5 Å². The Kier molecular flexibility index (Phi) is 8.38. The van der Waals surface area contributed by atoms with E-state index in [4.69, 9.17) is 9.47 Å². The van der Waals surface area contributed by atoms with Gasteiger partial charge in [0.05, 0.1) is 25.8 Å². The number of nitrogens with one attached hydrogen (secondary N) is 4. The van der Waals surface area contributed by atoms with E-state index in [-0.39, 0.29) is 42.0 Å². The number of benzene rings is 1. The standard InChI is InChI=1S/C31H39N5O7/c1-42-25-7-3-6-22-21(25)14-24(34-22)31(41)36-15-18-4-2-5-20(18)26(36)29(39)35-23(9-8-17-10-12-32-28(17)38)27(37)30(40)33-19-11-13-43-16-19/h3,6-7,14,17-20,23,26,34H,2,4-5,8-13,15-16H2,1H3,(H,32,38)(H,33,40)(H,35,39)/t17-,18+,19+,20+,23+,26+/m1/s1. The summed E-state index contributed by atoms with van der Waals surface area (Å²) < 4.78 is 10.8. The number of nitrogens with zero attached hydrogens (tertiary/aromatic N) is 1. The molecule has 0 unspecified atom stereocenters. The highest BCUT2D eigenvalue weighted by Gasteiger charge is 2.50. The van der Waals surface area contributed by atoms with Crippen LogP contribution in [0, 0.1) is 17.8 Å². The molecule has 43 heavy (non-hydrogen) atoms. The van der Waals surface area contributed by atoms with Gasteiger partial charge in [0.1, 0.15) is 17.5 Å². The number of rotatable bonds is 10. The van der Waals surface area contributed by atoms with Crippen LogP contribution >= 0.6 is 0 Å². The first-order valence-electron chi connectivity index (χ1n) is 15.3. The number of carbonyl (C=O) groups is 5. The molecule has 4 heterocycles. The van der Waals surface area contributed by atoms with Crippen LogP contribution in [0.5, 0.6) is 5.75 Å². The molecule has 0 spiro atoms. The minimum absolute atomic E-state index is 0.0382. The zero-order chi connectivity index (χ0) is 30.1. The Morgan fingerprint density at radius 1 is 1.16 bits per heavy atom. The molecule has 12 nitrogen and oxygen atoms in total. The molecule has 4 aliphatic rings. The van der Waals surface area contributed by atoms with Gasteiger partial charge in [-0.2, -0.15) is 0 Å². The normalized spacial score (nSPS) is 27.1. The van der Waals surface area contributed by atoms with E-state index in [2.05, 4.69) is 20.9 Å². The summed E-state index contributed by atoms with van der Waals surface area (Å²) >= 11 is 0. The number of aromatic nitrogens is 1. The summed E-state index contributed by atoms with van der Waals surface area (Å²) in [6, 6.07) is 5.12. The minimum atomic E-state index is -1.11. The number of aromatic amines is 1. The van der Waals surface area contributed by atoms with Crippen molar-refractivity contribution >= 4 is 40.3 Å². The van der Waals surface area contributed by atoms with E-state index in [0.717, 1.165) is 30.2 Å². The van der Waals surface area contributed by atoms with E-state index in [9.17, 15) is 24.0 Å². The third-order valence-electron chi connectivity index (χ3n) is 9.58. The van der Waals surface area contributed by atoms with Crippen molar-refractivity contribution in [2.24, 2.45) is 17.8 Å². The Morgan fingerprint density at radius 2 is 2.02 bits per heavy atom. The number of hydrogen-bond donors (Lipinski definition) is 4. The van der Waals surface area contributed by atoms with Crippen LogP contribution in [-0.2, 0) is 23.9 Å². The number of ether oxygens (including phenoxy) is 2. The van der Waals surface area contributed by atoms with E-state index >= 15 is 0 Å². The lowest BCUT2D eigenvalue weighted by atomic mass is 9.92. The molecule has 6 rings (SSSR count). The average Bonchev–Trinajstić information content (AvgIpc) is 3.83. The van der Waals surface area contributed by atoms with E-state index < -0.39 is 29.7 Å². The van der Waals surface area contributed by atoms with E-state index in [1.54, 1.807) is 18.1 Å². The van der Waals surface area contributed by atoms with Gasteiger partial charge >= 0.3 is 0 Å². The third-order valence-corrected chi connectivity index (χ3v) is 9.58. The van der Waals surface area contributed by atoms with Gasteiger partial charge in [0.15, 0.2) is 0 Å². The predicted octanol–water partition coefficient (Wildman–Crippen LogP) is 1.29. The number of likely N-dealkylation sites (tertiary alicyclic amines) is 1. The Labute approximate surface area is 249 Å². The Balaban J connectivity index is 1.22. The second-order valence-corrected chi connectivity index (χ2v) is 12.2. The van der Waals surface area contributed by atoms with Crippen molar-refractivity contribution in [1.82, 2.24) is 25.8 Å². The first kappa shape index (κ1) is 29.2. The molecule has 1 aliphatic carbocycles. The second kappa shape index (κ2) is 12.4. The SMILES string of the molecule is COc1cccc2[nH]c(C(=O)N3C[C@@H]4CCC[C@@H]4[C@H]3C(=O)N[C@@H](CC[C@@H]3CCNC3=O)C(=O)C(=O)N[C@H]3CCOC3)cc12. The second-order valence-electron chi connectivity index (χ2n) is 12.2. The van der Waals surface area contributed by atoms with Crippen molar-refractivity contribution in [2.45, 2.75) is 63.1 Å². The molecule has 1 aromatic carbocycles. The molecule has 4 N–H and O–H groups in total. The van der Waals surface area contributed by atoms with Gasteiger partial charge in [-0.15, -0.1) is 0 Å². The van der Waals surface area contributed by atoms with Crippen molar-refractivity contribution in [3.63, 3.8) is 0 Å². The monoisotopic (exact) mass is 593 g/mol. The first-order chi connectivity index (χ1) is 20.8. The highest BCUT2D eigenvalue weighted by Crippen LogP contribution is 2.43. The fraction of sp³-hybridized carbons (Fsp3) is 0.581. The average molecular weight is 594 g/mol. The van der Waals surface area contributed by atoms with Crippen LogP contribution in [0.1, 0.15) is 55.4 Å². The highest BCUT2D eigenvalue weighted by molar-refractivity contribution is 6.38. The summed E-state index contributed by atoms with van der Waals surface area (Å²) in [5, 5.41) is 9.15. The van der Waals surface area contributed by atoms with Crippen molar-refractivity contribution in [3.8, 4) is 5.75 Å². The molecule has 0 radical (unpaired) electrons. The van der Waals surface area contributed by atoms with Crippen molar-refractivity contribution in [2.75, 3.05) is 33.4 Å². The van der Waals surface area contributed by atoms with Gasteiger partial charge in [0.2, 0.25) is 17.6 Å². The van der Waals surface area contributed by atoms with Crippen LogP contribution in [0.3, 0.4) is 0 Å². The fourth-order valence-electron chi connectivity index (χ4n) is 7.30. The third kappa shape index (κ3) is 5.84. The van der Waals surface area contributed by atoms with Gasteiger partial charge in [-0.3, -0.25) is 24.0 Å². The number of ketones is 1. The topological polar surface area (TPSA) is 159 Å². The summed E-state index contributed by atoms with van der Waals surface area (Å²) in [5.41, 5.74) is 1.11. The summed E-state index contributed by atoms with van der Waals surface area (Å²) in [5.74, 6) is -1.84. The summed E-state index contributed by atoms with van der Waals surface area (Å²) in [4.78, 5) is 71.3. The Hall–Kier alpha value is -3.93. The molecule has 2 aromatic rings. The number of carbonyl (C=O) groups excluding carboxylic acids is 5. The van der Waals surface area contributed by atoms with Gasteiger partial charge in [-0.05, 0) is 68.6 Å². The molecule has 230 valence electrons. The van der Waals surface area contributed by atoms with Gasteiger partial charge in [0.25, 0.3) is 11.8 Å². The van der Waals surface area contributed by atoms with Crippen LogP contribution in [0.25, 0.3) is 10.9 Å². The lowest BCUT2D eigenvalue weighted by Crippen LogP contribution is -2.55. The van der Waals surface area contributed by atoms with Crippen molar-refractivity contribution < 1.29 is 33.4 Å². The molecule has 1 aromatic heterocycles. The zero-order valence-electron chi connectivity index (χ0n) is 24.4. The zero-order valence-corrected chi connectivity index (χ0v) is 24.4. The maximum absolute atomic E-state index is 14.0. The van der Waals surface area contributed by atoms with Crippen LogP contribution in [-0.4, -0.2) is 90.8 Å². The molecular formula is C31H39N5O7. The maximum atomic E-state index is 14.0. The Morgan fingerprint density at radius 3 is 2.77 bits per heavy atom. The number of fused-ring (bicyclic) bond motifs is 2. The molecule has 1 saturated carbocycles. The van der Waals surface area contributed by atoms with Crippen LogP contribution < -0.4 is 20.7 Å². The number of hydrogen-bond acceptors (Lipinski definition) is 7. The lowest BCUT2D eigenvalue weighted by Gasteiger charge is -2.29. The summed E-state index contributed by atoms with van der Waals surface area (Å²) in [7, 11) is 1.57. The molecular weight excluding hydrogens is 554 g/mol. The molecule has 12 heteroatoms. The molecule has 4 fully saturated rings. The summed E-state index contributed by atoms with van der Waals surface area (Å²) in [6.45, 7) is 1.85. The van der Waals surface area contributed by atoms with E-state index in [1.807, 2.05) is 18.2 Å². The maximum Gasteiger partial charge on any atom is 0.289 e. The van der Waals surface area contributed by atoms with E-state index in [0.29, 0.717) is 57.0 Å². The largest absolute Gasteiger partial charge is 0.496 e. The number of amides is 4. The molecule has 3 aliphatic heterocycles. The number of methoxy groups -OCH3 is 1. The molecule has 0 bridgehead atoms. The Bertz CT molecular complexity index is 1420.